The number of carbonyl (C=O) groups is 1. The van der Waals surface area contributed by atoms with E-state index in [1.54, 1.807) is 12.3 Å². The molecule has 0 saturated carbocycles. The average molecular weight is 347 g/mol. The molecule has 0 radical (unpaired) electrons. The molecule has 0 bridgehead atoms. The third-order valence-electron chi connectivity index (χ3n) is 4.13. The summed E-state index contributed by atoms with van der Waals surface area (Å²) >= 11 is 0. The lowest BCUT2D eigenvalue weighted by Gasteiger charge is -2.13. The van der Waals surface area contributed by atoms with Crippen molar-refractivity contribution < 1.29 is 9.32 Å². The number of carbonyl (C=O) groups excluding carboxylic acids is 1. The van der Waals surface area contributed by atoms with Gasteiger partial charge in [-0.1, -0.05) is 42.4 Å². The summed E-state index contributed by atoms with van der Waals surface area (Å²) in [6, 6.07) is 12.8. The lowest BCUT2D eigenvalue weighted by atomic mass is 10.1. The first-order chi connectivity index (χ1) is 12.7. The van der Waals surface area contributed by atoms with Gasteiger partial charge < -0.3 is 9.84 Å². The molecule has 7 nitrogen and oxygen atoms in total. The molecule has 0 unspecified atom stereocenters. The number of hydrogen-bond donors (Lipinski definition) is 1. The molecule has 0 aliphatic rings. The van der Waals surface area contributed by atoms with Gasteiger partial charge in [0.25, 0.3) is 5.91 Å². The summed E-state index contributed by atoms with van der Waals surface area (Å²) in [5.74, 6) is 0.858. The number of nitrogens with zero attached hydrogens (tertiary/aromatic N) is 4. The molecule has 26 heavy (non-hydrogen) atoms. The third kappa shape index (κ3) is 3.06. The minimum absolute atomic E-state index is 0.235. The largest absolute Gasteiger partial charge is 0.355 e. The fraction of sp³-hybridized carbons (Fsp3) is 0.158. The van der Waals surface area contributed by atoms with E-state index in [9.17, 15) is 4.79 Å². The predicted molar refractivity (Wildman–Crippen MR) is 95.4 cm³/mol. The highest BCUT2D eigenvalue weighted by molar-refractivity contribution is 5.93. The molecule has 1 aromatic carbocycles. The zero-order valence-corrected chi connectivity index (χ0v) is 14.2. The maximum absolute atomic E-state index is 12.6. The molecule has 0 fully saturated rings. The smallest absolute Gasteiger partial charge is 0.274 e. The molecule has 4 rings (SSSR count). The maximum Gasteiger partial charge on any atom is 0.274 e. The van der Waals surface area contributed by atoms with Crippen molar-refractivity contribution in [3.8, 4) is 11.3 Å². The molecular formula is C19H17N5O2. The standard InChI is InChI=1S/C19H17N5O2/c1-2-14(16-12-24-10-6-9-20-19(24)22-16)21-18(25)15-11-17(26-23-15)13-7-4-3-5-8-13/h3-12,14H,2H2,1H3,(H,21,25)/t14-/m1/s1. The Balaban J connectivity index is 1.53. The number of fused-ring (bicyclic) bond motifs is 1. The van der Waals surface area contributed by atoms with E-state index in [4.69, 9.17) is 4.52 Å². The Hall–Kier alpha value is -3.48. The minimum atomic E-state index is -0.298. The Morgan fingerprint density at radius 2 is 2.12 bits per heavy atom. The second-order valence-electron chi connectivity index (χ2n) is 5.87. The molecule has 0 aliphatic carbocycles. The van der Waals surface area contributed by atoms with Gasteiger partial charge in [-0.2, -0.15) is 0 Å². The summed E-state index contributed by atoms with van der Waals surface area (Å²) in [7, 11) is 0. The first kappa shape index (κ1) is 16.0. The monoisotopic (exact) mass is 347 g/mol. The van der Waals surface area contributed by atoms with Crippen LogP contribution in [0.5, 0.6) is 0 Å². The van der Waals surface area contributed by atoms with E-state index in [1.165, 1.54) is 0 Å². The van der Waals surface area contributed by atoms with Crippen LogP contribution in [-0.4, -0.2) is 25.4 Å². The molecule has 130 valence electrons. The molecule has 1 N–H and O–H groups in total. The van der Waals surface area contributed by atoms with Gasteiger partial charge in [0, 0.05) is 30.2 Å². The number of nitrogens with one attached hydrogen (secondary N) is 1. The topological polar surface area (TPSA) is 85.3 Å². The van der Waals surface area contributed by atoms with E-state index in [2.05, 4.69) is 20.4 Å². The van der Waals surface area contributed by atoms with Crippen LogP contribution in [0, 0.1) is 0 Å². The number of hydrogen-bond acceptors (Lipinski definition) is 5. The van der Waals surface area contributed by atoms with Crippen molar-refractivity contribution in [2.24, 2.45) is 0 Å². The highest BCUT2D eigenvalue weighted by Gasteiger charge is 2.20. The van der Waals surface area contributed by atoms with Crippen LogP contribution in [0.25, 0.3) is 17.1 Å². The van der Waals surface area contributed by atoms with E-state index in [0.29, 0.717) is 18.0 Å². The summed E-state index contributed by atoms with van der Waals surface area (Å²) in [4.78, 5) is 21.2. The van der Waals surface area contributed by atoms with Crippen molar-refractivity contribution in [2.75, 3.05) is 0 Å². The summed E-state index contributed by atoms with van der Waals surface area (Å²) in [6.45, 7) is 1.99. The third-order valence-corrected chi connectivity index (χ3v) is 4.13. The van der Waals surface area contributed by atoms with Crippen LogP contribution in [0.4, 0.5) is 0 Å². The Kier molecular flexibility index (Phi) is 4.18. The van der Waals surface area contributed by atoms with E-state index < -0.39 is 0 Å². The zero-order valence-electron chi connectivity index (χ0n) is 14.2. The van der Waals surface area contributed by atoms with Crippen LogP contribution in [0.2, 0.25) is 0 Å². The molecule has 1 atom stereocenters. The van der Waals surface area contributed by atoms with Crippen molar-refractivity contribution in [1.29, 1.82) is 0 Å². The number of imidazole rings is 1. The minimum Gasteiger partial charge on any atom is -0.355 e. The first-order valence-corrected chi connectivity index (χ1v) is 8.37. The van der Waals surface area contributed by atoms with Crippen LogP contribution in [0.15, 0.2) is 65.6 Å². The van der Waals surface area contributed by atoms with Crippen molar-refractivity contribution in [3.63, 3.8) is 0 Å². The molecule has 0 saturated heterocycles. The Labute approximate surface area is 149 Å². The van der Waals surface area contributed by atoms with Crippen LogP contribution < -0.4 is 5.32 Å². The SMILES string of the molecule is CC[C@@H](NC(=O)c1cc(-c2ccccc2)on1)c1cn2cccnc2n1. The van der Waals surface area contributed by atoms with Gasteiger partial charge in [0.1, 0.15) is 0 Å². The van der Waals surface area contributed by atoms with Crippen LogP contribution in [-0.2, 0) is 0 Å². The molecule has 0 spiro atoms. The maximum atomic E-state index is 12.6. The van der Waals surface area contributed by atoms with Gasteiger partial charge in [0.2, 0.25) is 5.78 Å². The molecule has 3 heterocycles. The van der Waals surface area contributed by atoms with Crippen LogP contribution in [0.3, 0.4) is 0 Å². The van der Waals surface area contributed by atoms with Crippen molar-refractivity contribution in [1.82, 2.24) is 24.8 Å². The molecule has 0 aliphatic heterocycles. The highest BCUT2D eigenvalue weighted by Crippen LogP contribution is 2.21. The molecule has 3 aromatic heterocycles. The van der Waals surface area contributed by atoms with Crippen molar-refractivity contribution in [3.05, 3.63) is 72.4 Å². The average Bonchev–Trinajstić information content (AvgIpc) is 3.33. The highest BCUT2D eigenvalue weighted by atomic mass is 16.5. The molecule has 1 amide bonds. The summed E-state index contributed by atoms with van der Waals surface area (Å²) in [6.07, 6.45) is 6.12. The van der Waals surface area contributed by atoms with Gasteiger partial charge in [-0.05, 0) is 12.5 Å². The van der Waals surface area contributed by atoms with Crippen LogP contribution in [0.1, 0.15) is 35.6 Å². The number of rotatable bonds is 5. The fourth-order valence-corrected chi connectivity index (χ4v) is 2.75. The van der Waals surface area contributed by atoms with Gasteiger partial charge in [-0.15, -0.1) is 0 Å². The lowest BCUT2D eigenvalue weighted by Crippen LogP contribution is -2.28. The molecular weight excluding hydrogens is 330 g/mol. The van der Waals surface area contributed by atoms with Gasteiger partial charge in [0.15, 0.2) is 11.5 Å². The summed E-state index contributed by atoms with van der Waals surface area (Å²) in [5, 5.41) is 6.85. The Morgan fingerprint density at radius 3 is 2.88 bits per heavy atom. The van der Waals surface area contributed by atoms with E-state index >= 15 is 0 Å². The summed E-state index contributed by atoms with van der Waals surface area (Å²) in [5.41, 5.74) is 1.87. The number of benzene rings is 1. The van der Waals surface area contributed by atoms with Gasteiger partial charge in [0.05, 0.1) is 11.7 Å². The molecule has 4 aromatic rings. The van der Waals surface area contributed by atoms with Crippen molar-refractivity contribution >= 4 is 11.7 Å². The second kappa shape index (κ2) is 6.79. The summed E-state index contributed by atoms with van der Waals surface area (Å²) < 4.78 is 7.13. The lowest BCUT2D eigenvalue weighted by molar-refractivity contribution is 0.0925. The van der Waals surface area contributed by atoms with E-state index in [-0.39, 0.29) is 17.6 Å². The predicted octanol–water partition coefficient (Wildman–Crippen LogP) is 3.27. The van der Waals surface area contributed by atoms with E-state index in [0.717, 1.165) is 11.3 Å². The van der Waals surface area contributed by atoms with Crippen molar-refractivity contribution in [2.45, 2.75) is 19.4 Å². The van der Waals surface area contributed by atoms with Crippen LogP contribution >= 0.6 is 0 Å². The molecule has 7 heteroatoms. The first-order valence-electron chi connectivity index (χ1n) is 8.37. The Bertz CT molecular complexity index is 1010. The fourth-order valence-electron chi connectivity index (χ4n) is 2.75. The van der Waals surface area contributed by atoms with Gasteiger partial charge >= 0.3 is 0 Å². The van der Waals surface area contributed by atoms with Gasteiger partial charge in [-0.3, -0.25) is 9.20 Å². The zero-order chi connectivity index (χ0) is 17.9. The van der Waals surface area contributed by atoms with E-state index in [1.807, 2.05) is 60.1 Å². The number of amides is 1. The quantitative estimate of drug-likeness (QED) is 0.599. The second-order valence-corrected chi connectivity index (χ2v) is 5.87. The number of aromatic nitrogens is 4. The normalized spacial score (nSPS) is 12.2. The Morgan fingerprint density at radius 1 is 1.27 bits per heavy atom. The van der Waals surface area contributed by atoms with Gasteiger partial charge in [-0.25, -0.2) is 9.97 Å².